The molecule has 1 amide bonds. The molecule has 1 atom stereocenters. The molecule has 0 aliphatic heterocycles. The smallest absolute Gasteiger partial charge is 0.237 e. The van der Waals surface area contributed by atoms with Crippen molar-refractivity contribution >= 4 is 35.0 Å². The zero-order chi connectivity index (χ0) is 19.4. The van der Waals surface area contributed by atoms with E-state index in [1.54, 1.807) is 25.1 Å². The van der Waals surface area contributed by atoms with E-state index in [0.717, 1.165) is 5.56 Å². The van der Waals surface area contributed by atoms with Crippen LogP contribution in [-0.4, -0.2) is 25.9 Å². The molecule has 1 aromatic heterocycles. The third kappa shape index (κ3) is 4.67. The number of anilines is 1. The van der Waals surface area contributed by atoms with E-state index in [1.807, 2.05) is 29.7 Å². The molecule has 27 heavy (non-hydrogen) atoms. The number of amides is 1. The molecule has 140 valence electrons. The predicted molar refractivity (Wildman–Crippen MR) is 106 cm³/mol. The molecular formula is C19H18ClFN4OS. The van der Waals surface area contributed by atoms with Gasteiger partial charge in [0.05, 0.1) is 5.25 Å². The normalized spacial score (nSPS) is 12.0. The van der Waals surface area contributed by atoms with Crippen molar-refractivity contribution in [3.05, 3.63) is 59.4 Å². The molecular weight excluding hydrogens is 387 g/mol. The average Bonchev–Trinajstić information content (AvgIpc) is 3.04. The third-order valence-corrected chi connectivity index (χ3v) is 5.18. The van der Waals surface area contributed by atoms with E-state index in [1.165, 1.54) is 23.9 Å². The first-order chi connectivity index (χ1) is 13.0. The Morgan fingerprint density at radius 3 is 2.74 bits per heavy atom. The molecule has 0 fully saturated rings. The predicted octanol–water partition coefficient (Wildman–Crippen LogP) is 4.88. The molecule has 0 aliphatic rings. The number of aromatic nitrogens is 3. The maximum absolute atomic E-state index is 13.3. The number of hydrogen-bond donors (Lipinski definition) is 1. The van der Waals surface area contributed by atoms with Crippen LogP contribution in [0.2, 0.25) is 5.02 Å². The molecule has 5 nitrogen and oxygen atoms in total. The van der Waals surface area contributed by atoms with Gasteiger partial charge in [0.25, 0.3) is 0 Å². The van der Waals surface area contributed by atoms with Gasteiger partial charge in [0.1, 0.15) is 5.82 Å². The van der Waals surface area contributed by atoms with Crippen LogP contribution in [0.3, 0.4) is 0 Å². The molecule has 3 aromatic rings. The summed E-state index contributed by atoms with van der Waals surface area (Å²) >= 11 is 7.37. The zero-order valence-corrected chi connectivity index (χ0v) is 16.4. The number of nitrogens with zero attached hydrogens (tertiary/aromatic N) is 3. The number of carbonyl (C=O) groups is 1. The topological polar surface area (TPSA) is 59.8 Å². The van der Waals surface area contributed by atoms with Gasteiger partial charge in [-0.2, -0.15) is 0 Å². The highest BCUT2D eigenvalue weighted by Crippen LogP contribution is 2.28. The molecule has 1 heterocycles. The Bertz CT molecular complexity index is 962. The number of benzene rings is 2. The highest BCUT2D eigenvalue weighted by molar-refractivity contribution is 8.00. The second-order valence-corrected chi connectivity index (χ2v) is 7.56. The van der Waals surface area contributed by atoms with Gasteiger partial charge in [-0.1, -0.05) is 41.6 Å². The average molecular weight is 405 g/mol. The zero-order valence-electron chi connectivity index (χ0n) is 14.8. The number of thioether (sulfide) groups is 1. The molecule has 0 saturated carbocycles. The maximum Gasteiger partial charge on any atom is 0.237 e. The van der Waals surface area contributed by atoms with Crippen LogP contribution in [0, 0.1) is 5.82 Å². The van der Waals surface area contributed by atoms with Crippen LogP contribution in [0.15, 0.2) is 53.7 Å². The fourth-order valence-corrected chi connectivity index (χ4v) is 3.63. The van der Waals surface area contributed by atoms with E-state index in [-0.39, 0.29) is 5.91 Å². The SMILES string of the molecule is CCn1c(S[C@@H](C)C(=O)Nc2cccc(F)c2)nnc1-c1cccc(Cl)c1. The molecule has 0 aliphatic carbocycles. The molecule has 2 aromatic carbocycles. The lowest BCUT2D eigenvalue weighted by Gasteiger charge is -2.13. The minimum atomic E-state index is -0.435. The molecule has 3 rings (SSSR count). The summed E-state index contributed by atoms with van der Waals surface area (Å²) in [6, 6.07) is 13.2. The van der Waals surface area contributed by atoms with Crippen molar-refractivity contribution in [3.63, 3.8) is 0 Å². The molecule has 0 radical (unpaired) electrons. The monoisotopic (exact) mass is 404 g/mol. The Balaban J connectivity index is 1.76. The van der Waals surface area contributed by atoms with Crippen molar-refractivity contribution in [2.45, 2.75) is 30.8 Å². The van der Waals surface area contributed by atoms with E-state index in [0.29, 0.717) is 28.2 Å². The lowest BCUT2D eigenvalue weighted by atomic mass is 10.2. The van der Waals surface area contributed by atoms with Gasteiger partial charge in [0, 0.05) is 22.8 Å². The second kappa shape index (κ2) is 8.54. The Kier molecular flexibility index (Phi) is 6.13. The summed E-state index contributed by atoms with van der Waals surface area (Å²) in [4.78, 5) is 12.4. The van der Waals surface area contributed by atoms with Crippen LogP contribution in [0.25, 0.3) is 11.4 Å². The van der Waals surface area contributed by atoms with E-state index < -0.39 is 11.1 Å². The van der Waals surface area contributed by atoms with Gasteiger partial charge in [-0.25, -0.2) is 4.39 Å². The largest absolute Gasteiger partial charge is 0.325 e. The highest BCUT2D eigenvalue weighted by atomic mass is 35.5. The van der Waals surface area contributed by atoms with Crippen molar-refractivity contribution in [2.24, 2.45) is 0 Å². The number of hydrogen-bond acceptors (Lipinski definition) is 4. The summed E-state index contributed by atoms with van der Waals surface area (Å²) in [5, 5.41) is 12.0. The summed E-state index contributed by atoms with van der Waals surface area (Å²) < 4.78 is 15.2. The highest BCUT2D eigenvalue weighted by Gasteiger charge is 2.20. The van der Waals surface area contributed by atoms with Crippen molar-refractivity contribution in [3.8, 4) is 11.4 Å². The van der Waals surface area contributed by atoms with Crippen LogP contribution in [0.1, 0.15) is 13.8 Å². The lowest BCUT2D eigenvalue weighted by molar-refractivity contribution is -0.115. The van der Waals surface area contributed by atoms with E-state index >= 15 is 0 Å². The first-order valence-electron chi connectivity index (χ1n) is 8.40. The summed E-state index contributed by atoms with van der Waals surface area (Å²) in [6.07, 6.45) is 0. The van der Waals surface area contributed by atoms with Crippen molar-refractivity contribution in [1.82, 2.24) is 14.8 Å². The number of nitrogens with one attached hydrogen (secondary N) is 1. The molecule has 0 spiro atoms. The van der Waals surface area contributed by atoms with Gasteiger partial charge in [-0.05, 0) is 44.2 Å². The summed E-state index contributed by atoms with van der Waals surface area (Å²) in [5.74, 6) is 0.0609. The second-order valence-electron chi connectivity index (χ2n) is 5.82. The first-order valence-corrected chi connectivity index (χ1v) is 9.66. The molecule has 0 saturated heterocycles. The fraction of sp³-hybridized carbons (Fsp3) is 0.211. The standard InChI is InChI=1S/C19H18ClFN4OS/c1-3-25-17(13-6-4-7-14(20)10-13)23-24-19(25)27-12(2)18(26)22-16-9-5-8-15(21)11-16/h4-12H,3H2,1-2H3,(H,22,26)/t12-/m0/s1. The Morgan fingerprint density at radius 2 is 2.04 bits per heavy atom. The van der Waals surface area contributed by atoms with Crippen LogP contribution in [0.4, 0.5) is 10.1 Å². The number of carbonyl (C=O) groups excluding carboxylic acids is 1. The lowest BCUT2D eigenvalue weighted by Crippen LogP contribution is -2.23. The van der Waals surface area contributed by atoms with Gasteiger partial charge in [-0.15, -0.1) is 10.2 Å². The van der Waals surface area contributed by atoms with Gasteiger partial charge in [0.15, 0.2) is 11.0 Å². The van der Waals surface area contributed by atoms with E-state index in [9.17, 15) is 9.18 Å². The Labute approximate surface area is 166 Å². The van der Waals surface area contributed by atoms with Gasteiger partial charge >= 0.3 is 0 Å². The van der Waals surface area contributed by atoms with Crippen molar-refractivity contribution < 1.29 is 9.18 Å². The van der Waals surface area contributed by atoms with Crippen LogP contribution < -0.4 is 5.32 Å². The Hall–Kier alpha value is -2.38. The minimum Gasteiger partial charge on any atom is -0.325 e. The number of halogens is 2. The molecule has 8 heteroatoms. The molecule has 1 N–H and O–H groups in total. The van der Waals surface area contributed by atoms with Crippen molar-refractivity contribution in [1.29, 1.82) is 0 Å². The fourth-order valence-electron chi connectivity index (χ4n) is 2.52. The quantitative estimate of drug-likeness (QED) is 0.595. The summed E-state index contributed by atoms with van der Waals surface area (Å²) in [7, 11) is 0. The maximum atomic E-state index is 13.3. The van der Waals surface area contributed by atoms with Crippen LogP contribution in [0.5, 0.6) is 0 Å². The first kappa shape index (κ1) is 19.4. The van der Waals surface area contributed by atoms with Crippen LogP contribution in [-0.2, 0) is 11.3 Å². The van der Waals surface area contributed by atoms with Crippen molar-refractivity contribution in [2.75, 3.05) is 5.32 Å². The molecule has 0 unspecified atom stereocenters. The Morgan fingerprint density at radius 1 is 1.26 bits per heavy atom. The molecule has 0 bridgehead atoms. The minimum absolute atomic E-state index is 0.236. The summed E-state index contributed by atoms with van der Waals surface area (Å²) in [6.45, 7) is 4.40. The van der Waals surface area contributed by atoms with E-state index in [4.69, 9.17) is 11.6 Å². The van der Waals surface area contributed by atoms with Gasteiger partial charge in [0.2, 0.25) is 5.91 Å². The van der Waals surface area contributed by atoms with E-state index in [2.05, 4.69) is 15.5 Å². The summed E-state index contributed by atoms with van der Waals surface area (Å²) in [5.41, 5.74) is 1.28. The number of rotatable bonds is 6. The van der Waals surface area contributed by atoms with Gasteiger partial charge in [-0.3, -0.25) is 4.79 Å². The van der Waals surface area contributed by atoms with Crippen LogP contribution >= 0.6 is 23.4 Å². The van der Waals surface area contributed by atoms with Gasteiger partial charge < -0.3 is 9.88 Å². The third-order valence-electron chi connectivity index (χ3n) is 3.86.